The SMILES string of the molecule is N.N.S.S.S.S. The average molecular weight is 170 g/mol. The Kier molecular flexibility index (Phi) is 2870. The van der Waals surface area contributed by atoms with Gasteiger partial charge in [-0.1, -0.05) is 0 Å². The molecular weight excluding hydrogens is 156 g/mol. The highest BCUT2D eigenvalue weighted by Crippen LogP contribution is 0.651. The summed E-state index contributed by atoms with van der Waals surface area (Å²) in [6.07, 6.45) is 0. The van der Waals surface area contributed by atoms with Gasteiger partial charge >= 0.3 is 0 Å². The normalized spacial score (nSPS) is 0. The molecule has 6 heteroatoms. The minimum atomic E-state index is 0. The second-order valence-electron chi connectivity index (χ2n) is 0. The Morgan fingerprint density at radius 2 is 0.333 bits per heavy atom. The Morgan fingerprint density at radius 1 is 0.333 bits per heavy atom. The van der Waals surface area contributed by atoms with Gasteiger partial charge in [0.25, 0.3) is 0 Å². The minimum Gasteiger partial charge on any atom is -0.344 e. The zero-order valence-corrected chi connectivity index (χ0v) is 7.41. The zero-order chi connectivity index (χ0) is 0. The van der Waals surface area contributed by atoms with Crippen LogP contribution in [0.4, 0.5) is 0 Å². The number of hydrogen-bond acceptors (Lipinski definition) is 2. The van der Waals surface area contributed by atoms with E-state index in [1.165, 1.54) is 0 Å². The number of rotatable bonds is 0. The van der Waals surface area contributed by atoms with E-state index >= 15 is 0 Å². The standard InChI is InChI=1S/2H3N.4H2S/h2*1H3;4*1H2. The van der Waals surface area contributed by atoms with E-state index in [1.807, 2.05) is 0 Å². The fourth-order valence-corrected chi connectivity index (χ4v) is 0. The Hall–Kier alpha value is 1.32. The van der Waals surface area contributed by atoms with Gasteiger partial charge in [0.2, 0.25) is 0 Å². The van der Waals surface area contributed by atoms with Crippen LogP contribution in [-0.2, 0) is 0 Å². The Labute approximate surface area is 66.4 Å². The summed E-state index contributed by atoms with van der Waals surface area (Å²) >= 11 is 0. The van der Waals surface area contributed by atoms with Gasteiger partial charge < -0.3 is 12.3 Å². The molecule has 0 radical (unpaired) electrons. The monoisotopic (exact) mass is 170 g/mol. The number of hydrogen-bond donors (Lipinski definition) is 2. The molecular formula is H14N2S4. The summed E-state index contributed by atoms with van der Waals surface area (Å²) in [6, 6.07) is 0. The largest absolute Gasteiger partial charge is 0.344 e. The molecule has 0 aliphatic heterocycles. The lowest BCUT2D eigenvalue weighted by atomic mass is 14.0. The molecule has 0 atom stereocenters. The Bertz CT molecular complexity index is 5.51. The lowest BCUT2D eigenvalue weighted by Gasteiger charge is -0.345. The molecule has 0 saturated carbocycles. The van der Waals surface area contributed by atoms with Crippen LogP contribution in [0.25, 0.3) is 0 Å². The molecule has 0 aromatic rings. The predicted octanol–water partition coefficient (Wildman–Crippen LogP) is 0.775. The van der Waals surface area contributed by atoms with Crippen LogP contribution in [0.15, 0.2) is 0 Å². The van der Waals surface area contributed by atoms with Crippen molar-refractivity contribution in [1.82, 2.24) is 12.3 Å². The van der Waals surface area contributed by atoms with Crippen LogP contribution >= 0.6 is 54.0 Å². The third-order valence-corrected chi connectivity index (χ3v) is 0. The summed E-state index contributed by atoms with van der Waals surface area (Å²) in [5.74, 6) is 0. The van der Waals surface area contributed by atoms with Crippen LogP contribution < -0.4 is 12.3 Å². The van der Waals surface area contributed by atoms with Crippen molar-refractivity contribution in [1.29, 1.82) is 0 Å². The summed E-state index contributed by atoms with van der Waals surface area (Å²) in [5.41, 5.74) is 0. The highest BCUT2D eigenvalue weighted by molar-refractivity contribution is 7.59. The molecule has 6 N–H and O–H groups in total. The molecule has 0 bridgehead atoms. The molecule has 0 aliphatic carbocycles. The van der Waals surface area contributed by atoms with Crippen LogP contribution in [0.5, 0.6) is 0 Å². The van der Waals surface area contributed by atoms with Crippen molar-refractivity contribution in [2.24, 2.45) is 0 Å². The van der Waals surface area contributed by atoms with Crippen molar-refractivity contribution < 1.29 is 0 Å². The minimum absolute atomic E-state index is 0. The van der Waals surface area contributed by atoms with Crippen molar-refractivity contribution in [3.8, 4) is 0 Å². The molecule has 0 fully saturated rings. The van der Waals surface area contributed by atoms with Crippen molar-refractivity contribution in [2.75, 3.05) is 0 Å². The Balaban J connectivity index is 0. The molecule has 0 spiro atoms. The molecule has 0 unspecified atom stereocenters. The fourth-order valence-electron chi connectivity index (χ4n) is 0. The van der Waals surface area contributed by atoms with E-state index in [4.69, 9.17) is 0 Å². The van der Waals surface area contributed by atoms with Gasteiger partial charge in [-0.3, -0.25) is 0 Å². The Morgan fingerprint density at radius 3 is 0.333 bits per heavy atom. The molecule has 0 heterocycles. The lowest BCUT2D eigenvalue weighted by molar-refractivity contribution is 2.13. The zero-order valence-electron chi connectivity index (χ0n) is 3.41. The second-order valence-corrected chi connectivity index (χ2v) is 0. The van der Waals surface area contributed by atoms with Gasteiger partial charge in [0.05, 0.1) is 0 Å². The van der Waals surface area contributed by atoms with Gasteiger partial charge in [0, 0.05) is 0 Å². The molecule has 48 valence electrons. The summed E-state index contributed by atoms with van der Waals surface area (Å²) < 4.78 is 0. The van der Waals surface area contributed by atoms with Gasteiger partial charge in [0.15, 0.2) is 0 Å². The van der Waals surface area contributed by atoms with Crippen molar-refractivity contribution in [3.63, 3.8) is 0 Å². The predicted molar refractivity (Wildman–Crippen MR) is 51.6 cm³/mol. The van der Waals surface area contributed by atoms with Crippen LogP contribution in [0.3, 0.4) is 0 Å². The van der Waals surface area contributed by atoms with Crippen molar-refractivity contribution in [3.05, 3.63) is 0 Å². The summed E-state index contributed by atoms with van der Waals surface area (Å²) in [5, 5.41) is 0. The van der Waals surface area contributed by atoms with Gasteiger partial charge in [0.1, 0.15) is 0 Å². The maximum absolute atomic E-state index is 0. The van der Waals surface area contributed by atoms with Crippen molar-refractivity contribution in [2.45, 2.75) is 0 Å². The smallest absolute Gasteiger partial charge is 0.197 e. The lowest BCUT2D eigenvalue weighted by Crippen LogP contribution is -0.482. The highest BCUT2D eigenvalue weighted by Gasteiger charge is -0.194. The van der Waals surface area contributed by atoms with E-state index < -0.39 is 0 Å². The first-order chi connectivity index (χ1) is 0. The molecule has 0 saturated heterocycles. The van der Waals surface area contributed by atoms with Crippen LogP contribution in [-0.4, -0.2) is 0 Å². The van der Waals surface area contributed by atoms with E-state index in [2.05, 4.69) is 0 Å². The molecule has 0 aromatic heterocycles. The van der Waals surface area contributed by atoms with Crippen molar-refractivity contribution >= 4 is 54.0 Å². The van der Waals surface area contributed by atoms with E-state index in [0.29, 0.717) is 0 Å². The van der Waals surface area contributed by atoms with Gasteiger partial charge in [-0.25, -0.2) is 0 Å². The molecule has 2 nitrogen and oxygen atoms in total. The second kappa shape index (κ2) is 103. The first kappa shape index (κ1) is 168. The topological polar surface area (TPSA) is 70.0 Å². The van der Waals surface area contributed by atoms with Gasteiger partial charge in [-0.05, 0) is 0 Å². The van der Waals surface area contributed by atoms with E-state index in [1.54, 1.807) is 0 Å². The molecule has 0 rings (SSSR count). The van der Waals surface area contributed by atoms with E-state index in [-0.39, 0.29) is 66.3 Å². The maximum atomic E-state index is 0. The molecule has 0 amide bonds. The third-order valence-electron chi connectivity index (χ3n) is 0. The highest BCUT2D eigenvalue weighted by atomic mass is 32.1. The molecule has 6 heavy (non-hydrogen) atoms. The molecule has 0 aromatic carbocycles. The van der Waals surface area contributed by atoms with Crippen LogP contribution in [0.1, 0.15) is 0 Å². The van der Waals surface area contributed by atoms with Gasteiger partial charge in [-0.2, -0.15) is 54.0 Å². The maximum Gasteiger partial charge on any atom is -0.197 e. The first-order valence-corrected chi connectivity index (χ1v) is 0. The van der Waals surface area contributed by atoms with E-state index in [0.717, 1.165) is 0 Å². The van der Waals surface area contributed by atoms with Crippen LogP contribution in [0, 0.1) is 0 Å². The quantitative estimate of drug-likeness (QED) is 0.564. The van der Waals surface area contributed by atoms with E-state index in [9.17, 15) is 0 Å². The average Bonchev–Trinajstić information content (AvgIpc) is 0. The van der Waals surface area contributed by atoms with Crippen LogP contribution in [0.2, 0.25) is 0 Å². The summed E-state index contributed by atoms with van der Waals surface area (Å²) in [7, 11) is 0. The fraction of sp³-hybridized carbons (Fsp3) is 0. The first-order valence-electron chi connectivity index (χ1n) is 0. The van der Waals surface area contributed by atoms with Gasteiger partial charge in [-0.15, -0.1) is 0 Å². The summed E-state index contributed by atoms with van der Waals surface area (Å²) in [6.45, 7) is 0. The third kappa shape index (κ3) is 57.0. The summed E-state index contributed by atoms with van der Waals surface area (Å²) in [4.78, 5) is 0. The molecule has 0 aliphatic rings.